The number of hydrogen-bond donors (Lipinski definition) is 0. The molecule has 13 heavy (non-hydrogen) atoms. The lowest BCUT2D eigenvalue weighted by Crippen LogP contribution is -2.47. The Balaban J connectivity index is 2.36. The molecule has 2 bridgehead atoms. The van der Waals surface area contributed by atoms with Crippen molar-refractivity contribution in [1.29, 1.82) is 0 Å². The van der Waals surface area contributed by atoms with Crippen molar-refractivity contribution < 1.29 is 9.53 Å². The van der Waals surface area contributed by atoms with Crippen LogP contribution in [0.3, 0.4) is 0 Å². The minimum absolute atomic E-state index is 0.0103. The number of carbonyl (C=O) groups is 1. The van der Waals surface area contributed by atoms with Crippen molar-refractivity contribution in [2.75, 3.05) is 6.26 Å². The Morgan fingerprint density at radius 2 is 2.23 bits per heavy atom. The Bertz CT molecular complexity index is 274. The molecule has 2 aliphatic heterocycles. The first kappa shape index (κ1) is 9.28. The lowest BCUT2D eigenvalue weighted by atomic mass is 9.87. The van der Waals surface area contributed by atoms with Crippen LogP contribution in [0.15, 0.2) is 12.2 Å². The highest BCUT2D eigenvalue weighted by Gasteiger charge is 2.51. The fourth-order valence-electron chi connectivity index (χ4n) is 2.08. The van der Waals surface area contributed by atoms with Gasteiger partial charge in [-0.2, -0.15) is 0 Å². The summed E-state index contributed by atoms with van der Waals surface area (Å²) in [6, 6.07) is 0. The minimum Gasteiger partial charge on any atom is -0.352 e. The van der Waals surface area contributed by atoms with Gasteiger partial charge in [0.15, 0.2) is 0 Å². The zero-order valence-electron chi connectivity index (χ0n) is 8.11. The van der Waals surface area contributed by atoms with E-state index in [9.17, 15) is 4.79 Å². The molecule has 2 nitrogen and oxygen atoms in total. The Kier molecular flexibility index (Phi) is 2.04. The van der Waals surface area contributed by atoms with Crippen molar-refractivity contribution in [3.05, 3.63) is 12.2 Å². The summed E-state index contributed by atoms with van der Waals surface area (Å²) in [5, 5.41) is 0. The summed E-state index contributed by atoms with van der Waals surface area (Å²) < 4.78 is 5.86. The van der Waals surface area contributed by atoms with Crippen LogP contribution in [0.4, 0.5) is 0 Å². The van der Waals surface area contributed by atoms with Gasteiger partial charge < -0.3 is 4.74 Å². The molecule has 0 spiro atoms. The van der Waals surface area contributed by atoms with Gasteiger partial charge in [-0.3, -0.25) is 4.79 Å². The maximum Gasteiger partial charge on any atom is 0.145 e. The quantitative estimate of drug-likeness (QED) is 0.601. The summed E-state index contributed by atoms with van der Waals surface area (Å²) in [5.74, 6) is 0.331. The van der Waals surface area contributed by atoms with Crippen LogP contribution in [0.2, 0.25) is 0 Å². The molecule has 0 radical (unpaired) electrons. The average molecular weight is 198 g/mol. The molecule has 2 rings (SSSR count). The topological polar surface area (TPSA) is 26.3 Å². The summed E-state index contributed by atoms with van der Waals surface area (Å²) in [6.45, 7) is 3.91. The maximum atomic E-state index is 11.8. The Morgan fingerprint density at radius 3 is 2.85 bits per heavy atom. The fourth-order valence-corrected chi connectivity index (χ4v) is 2.97. The largest absolute Gasteiger partial charge is 0.352 e. The number of ether oxygens (including phenoxy) is 1. The van der Waals surface area contributed by atoms with Gasteiger partial charge in [0.05, 0.1) is 12.0 Å². The third kappa shape index (κ3) is 1.10. The van der Waals surface area contributed by atoms with Gasteiger partial charge in [0, 0.05) is 5.92 Å². The zero-order valence-corrected chi connectivity index (χ0v) is 8.93. The summed E-state index contributed by atoms with van der Waals surface area (Å²) >= 11 is 1.62. The van der Waals surface area contributed by atoms with Crippen molar-refractivity contribution in [3.8, 4) is 0 Å². The Hall–Kier alpha value is -0.280. The highest BCUT2D eigenvalue weighted by Crippen LogP contribution is 2.46. The summed E-state index contributed by atoms with van der Waals surface area (Å²) in [4.78, 5) is 11.4. The van der Waals surface area contributed by atoms with E-state index in [4.69, 9.17) is 4.74 Å². The van der Waals surface area contributed by atoms with Gasteiger partial charge in [-0.05, 0) is 12.3 Å². The maximum absolute atomic E-state index is 11.8. The summed E-state index contributed by atoms with van der Waals surface area (Å²) in [6.07, 6.45) is 6.08. The lowest BCUT2D eigenvalue weighted by Gasteiger charge is -2.39. The molecule has 0 aliphatic carbocycles. The third-order valence-corrected chi connectivity index (χ3v) is 4.35. The van der Waals surface area contributed by atoms with E-state index >= 15 is 0 Å². The van der Waals surface area contributed by atoms with Crippen LogP contribution in [0, 0.1) is 11.8 Å². The van der Waals surface area contributed by atoms with E-state index in [0.717, 1.165) is 0 Å². The highest BCUT2D eigenvalue weighted by atomic mass is 32.2. The molecule has 1 fully saturated rings. The first-order valence-electron chi connectivity index (χ1n) is 4.57. The number of thioether (sulfide) groups is 1. The van der Waals surface area contributed by atoms with Gasteiger partial charge in [0.25, 0.3) is 0 Å². The van der Waals surface area contributed by atoms with E-state index in [1.165, 1.54) is 0 Å². The van der Waals surface area contributed by atoms with E-state index in [1.807, 2.05) is 26.2 Å². The monoisotopic (exact) mass is 198 g/mol. The van der Waals surface area contributed by atoms with Crippen molar-refractivity contribution >= 4 is 17.5 Å². The van der Waals surface area contributed by atoms with Crippen molar-refractivity contribution in [2.24, 2.45) is 11.8 Å². The zero-order chi connectivity index (χ0) is 9.64. The first-order chi connectivity index (χ1) is 6.10. The fraction of sp³-hybridized carbons (Fsp3) is 0.700. The first-order valence-corrected chi connectivity index (χ1v) is 5.79. The molecule has 2 heterocycles. The second-order valence-electron chi connectivity index (χ2n) is 3.78. The molecule has 1 saturated heterocycles. The Morgan fingerprint density at radius 1 is 1.54 bits per heavy atom. The lowest BCUT2D eigenvalue weighted by molar-refractivity contribution is -0.146. The number of ketones is 1. The van der Waals surface area contributed by atoms with E-state index in [1.54, 1.807) is 11.8 Å². The summed E-state index contributed by atoms with van der Waals surface area (Å²) in [7, 11) is 0. The molecule has 0 N–H and O–H groups in total. The van der Waals surface area contributed by atoms with Gasteiger partial charge >= 0.3 is 0 Å². The molecule has 2 aliphatic rings. The van der Waals surface area contributed by atoms with E-state index < -0.39 is 0 Å². The number of Topliss-reactive ketones (excluding diaryl/α,β-unsaturated/α-hetero) is 1. The second kappa shape index (κ2) is 2.85. The van der Waals surface area contributed by atoms with Gasteiger partial charge in [-0.1, -0.05) is 19.9 Å². The molecule has 0 aromatic heterocycles. The third-order valence-electron chi connectivity index (χ3n) is 3.13. The van der Waals surface area contributed by atoms with E-state index in [0.29, 0.717) is 5.78 Å². The molecule has 0 saturated carbocycles. The van der Waals surface area contributed by atoms with Gasteiger partial charge in [-0.25, -0.2) is 0 Å². The summed E-state index contributed by atoms with van der Waals surface area (Å²) in [5.41, 5.74) is 0. The number of hydrogen-bond acceptors (Lipinski definition) is 3. The standard InChI is InChI=1S/C10H14O2S/c1-6-8-4-5-10(12-8,13-3)7(2)9(6)11/h4-8H,1-3H3/t6-,7-,8+,10+/m1/s1. The minimum atomic E-state index is -0.367. The molecule has 3 heteroatoms. The van der Waals surface area contributed by atoms with Gasteiger partial charge in [0.2, 0.25) is 0 Å². The van der Waals surface area contributed by atoms with E-state index in [-0.39, 0.29) is 22.9 Å². The highest BCUT2D eigenvalue weighted by molar-refractivity contribution is 8.00. The molecular weight excluding hydrogens is 184 g/mol. The normalized spacial score (nSPS) is 48.5. The van der Waals surface area contributed by atoms with Crippen molar-refractivity contribution in [1.82, 2.24) is 0 Å². The van der Waals surface area contributed by atoms with Crippen LogP contribution >= 0.6 is 11.8 Å². The predicted octanol–water partition coefficient (Wildman–Crippen LogP) is 1.86. The second-order valence-corrected chi connectivity index (χ2v) is 4.83. The van der Waals surface area contributed by atoms with Crippen molar-refractivity contribution in [2.45, 2.75) is 24.9 Å². The molecule has 4 atom stereocenters. The molecule has 72 valence electrons. The van der Waals surface area contributed by atoms with Crippen LogP contribution in [-0.2, 0) is 9.53 Å². The molecule has 0 amide bonds. The number of carbonyl (C=O) groups excluding carboxylic acids is 1. The van der Waals surface area contributed by atoms with Crippen molar-refractivity contribution in [3.63, 3.8) is 0 Å². The van der Waals surface area contributed by atoms with Crippen LogP contribution in [-0.4, -0.2) is 23.1 Å². The van der Waals surface area contributed by atoms with Gasteiger partial charge in [0.1, 0.15) is 10.7 Å². The van der Waals surface area contributed by atoms with E-state index in [2.05, 4.69) is 6.08 Å². The SMILES string of the molecule is CS[C@]12C=C[C@H](O1)[C@@H](C)C(=O)[C@H]2C. The molecule has 0 aromatic carbocycles. The van der Waals surface area contributed by atoms with Crippen LogP contribution in [0.25, 0.3) is 0 Å². The molecule has 0 unspecified atom stereocenters. The van der Waals surface area contributed by atoms with Crippen LogP contribution in [0.1, 0.15) is 13.8 Å². The number of rotatable bonds is 1. The molecule has 0 aromatic rings. The van der Waals surface area contributed by atoms with Crippen LogP contribution in [0.5, 0.6) is 0 Å². The Labute approximate surface area is 82.7 Å². The average Bonchev–Trinajstić information content (AvgIpc) is 2.55. The smallest absolute Gasteiger partial charge is 0.145 e. The van der Waals surface area contributed by atoms with Crippen LogP contribution < -0.4 is 0 Å². The predicted molar refractivity (Wildman–Crippen MR) is 53.6 cm³/mol. The van der Waals surface area contributed by atoms with Gasteiger partial charge in [-0.15, -0.1) is 11.8 Å². The molecular formula is C10H14O2S. The number of fused-ring (bicyclic) bond motifs is 2.